The maximum Gasteiger partial charge on any atom is 0.124 e. The fourth-order valence-electron chi connectivity index (χ4n) is 3.46. The van der Waals surface area contributed by atoms with Gasteiger partial charge in [0.05, 0.1) is 11.7 Å². The lowest BCUT2D eigenvalue weighted by Crippen LogP contribution is -2.45. The van der Waals surface area contributed by atoms with Crippen LogP contribution in [0.4, 0.5) is 13.2 Å². The Morgan fingerprint density at radius 2 is 1.96 bits per heavy atom. The van der Waals surface area contributed by atoms with Crippen molar-refractivity contribution < 1.29 is 23.4 Å². The Hall–Kier alpha value is -1.63. The van der Waals surface area contributed by atoms with Crippen LogP contribution in [0.1, 0.15) is 24.8 Å². The average Bonchev–Trinajstić information content (AvgIpc) is 2.59. The van der Waals surface area contributed by atoms with Gasteiger partial charge in [0.15, 0.2) is 0 Å². The van der Waals surface area contributed by atoms with E-state index in [1.807, 2.05) is 4.90 Å². The van der Waals surface area contributed by atoms with Crippen molar-refractivity contribution in [2.24, 2.45) is 0 Å². The molecule has 1 aromatic carbocycles. The second-order valence-electron chi connectivity index (χ2n) is 6.78. The molecule has 2 atom stereocenters. The molecule has 1 aromatic rings. The molecule has 0 radical (unpaired) electrons. The first-order chi connectivity index (χ1) is 11.9. The number of halogens is 3. The molecule has 1 heterocycles. The summed E-state index contributed by atoms with van der Waals surface area (Å²) in [5.74, 6) is -0.967. The largest absolute Gasteiger partial charge is 0.387 e. The van der Waals surface area contributed by atoms with E-state index in [0.29, 0.717) is 31.5 Å². The molecular formula is C19H22F3NO2. The standard InChI is InChI=1S/C19H22F3NO2/c20-14-3-1-2-13(10-14)19(25)6-8-23(9-7-19)12-18(24)16-11-15(21)4-5-17(16)22/h1-3,5,10-11,15,18,24-25H,4,6-9,12H2. The number of likely N-dealkylation sites (tertiary alicyclic amines) is 1. The van der Waals surface area contributed by atoms with Crippen LogP contribution in [0.15, 0.2) is 47.8 Å². The summed E-state index contributed by atoms with van der Waals surface area (Å²) in [6.07, 6.45) is 0.652. The number of benzene rings is 1. The van der Waals surface area contributed by atoms with Crippen molar-refractivity contribution in [3.05, 3.63) is 59.2 Å². The van der Waals surface area contributed by atoms with Crippen LogP contribution in [0, 0.1) is 5.82 Å². The quantitative estimate of drug-likeness (QED) is 0.875. The van der Waals surface area contributed by atoms with Gasteiger partial charge in [0.2, 0.25) is 0 Å². The highest BCUT2D eigenvalue weighted by molar-refractivity contribution is 5.34. The van der Waals surface area contributed by atoms with Crippen molar-refractivity contribution in [3.63, 3.8) is 0 Å². The monoisotopic (exact) mass is 353 g/mol. The van der Waals surface area contributed by atoms with Gasteiger partial charge >= 0.3 is 0 Å². The molecular weight excluding hydrogens is 331 g/mol. The fraction of sp³-hybridized carbons (Fsp3) is 0.474. The molecule has 6 heteroatoms. The van der Waals surface area contributed by atoms with E-state index < -0.39 is 29.5 Å². The first-order valence-corrected chi connectivity index (χ1v) is 8.48. The number of rotatable bonds is 4. The lowest BCUT2D eigenvalue weighted by Gasteiger charge is -2.39. The zero-order chi connectivity index (χ0) is 18.0. The van der Waals surface area contributed by atoms with E-state index >= 15 is 0 Å². The number of alkyl halides is 1. The van der Waals surface area contributed by atoms with Gasteiger partial charge in [-0.05, 0) is 42.7 Å². The number of nitrogens with zero attached hydrogens (tertiary/aromatic N) is 1. The molecule has 1 saturated heterocycles. The van der Waals surface area contributed by atoms with E-state index in [1.54, 1.807) is 12.1 Å². The molecule has 1 fully saturated rings. The van der Waals surface area contributed by atoms with Gasteiger partial charge in [0.1, 0.15) is 17.8 Å². The maximum atomic E-state index is 13.8. The number of piperidine rings is 1. The van der Waals surface area contributed by atoms with Crippen LogP contribution in [0.25, 0.3) is 0 Å². The Morgan fingerprint density at radius 3 is 2.64 bits per heavy atom. The Kier molecular flexibility index (Phi) is 5.32. The van der Waals surface area contributed by atoms with Gasteiger partial charge in [-0.15, -0.1) is 0 Å². The highest BCUT2D eigenvalue weighted by Gasteiger charge is 2.35. The SMILES string of the molecule is OC(CN1CCC(O)(c2cccc(F)c2)CC1)C1=CC(F)CC=C1F. The van der Waals surface area contributed by atoms with E-state index in [0.717, 1.165) is 12.2 Å². The van der Waals surface area contributed by atoms with E-state index in [-0.39, 0.29) is 18.5 Å². The Bertz CT molecular complexity index is 681. The van der Waals surface area contributed by atoms with Gasteiger partial charge in [-0.3, -0.25) is 0 Å². The molecule has 0 bridgehead atoms. The third-order valence-corrected chi connectivity index (χ3v) is 4.99. The molecule has 2 aliphatic rings. The third kappa shape index (κ3) is 4.14. The Morgan fingerprint density at radius 1 is 1.24 bits per heavy atom. The van der Waals surface area contributed by atoms with Crippen LogP contribution in [0.2, 0.25) is 0 Å². The first-order valence-electron chi connectivity index (χ1n) is 8.48. The normalized spacial score (nSPS) is 25.2. The number of β-amino-alcohol motifs (C(OH)–C–C–N with tert-alkyl or cyclic N) is 1. The lowest BCUT2D eigenvalue weighted by molar-refractivity contribution is -0.0323. The molecule has 136 valence electrons. The van der Waals surface area contributed by atoms with Crippen molar-refractivity contribution in [1.82, 2.24) is 4.90 Å². The van der Waals surface area contributed by atoms with Crippen LogP contribution >= 0.6 is 0 Å². The van der Waals surface area contributed by atoms with Gasteiger partial charge in [0, 0.05) is 31.6 Å². The van der Waals surface area contributed by atoms with Crippen molar-refractivity contribution in [3.8, 4) is 0 Å². The van der Waals surface area contributed by atoms with Crippen LogP contribution in [-0.2, 0) is 5.60 Å². The molecule has 2 unspecified atom stereocenters. The summed E-state index contributed by atoms with van der Waals surface area (Å²) in [5, 5.41) is 21.0. The fourth-order valence-corrected chi connectivity index (χ4v) is 3.46. The molecule has 0 amide bonds. The van der Waals surface area contributed by atoms with Crippen LogP contribution in [0.3, 0.4) is 0 Å². The summed E-state index contributed by atoms with van der Waals surface area (Å²) >= 11 is 0. The van der Waals surface area contributed by atoms with Crippen molar-refractivity contribution >= 4 is 0 Å². The summed E-state index contributed by atoms with van der Waals surface area (Å²) in [5.41, 5.74) is -0.579. The molecule has 0 spiro atoms. The van der Waals surface area contributed by atoms with Crippen LogP contribution < -0.4 is 0 Å². The number of hydrogen-bond acceptors (Lipinski definition) is 3. The van der Waals surface area contributed by atoms with E-state index in [2.05, 4.69) is 0 Å². The second kappa shape index (κ2) is 7.32. The van der Waals surface area contributed by atoms with Gasteiger partial charge in [-0.2, -0.15) is 0 Å². The highest BCUT2D eigenvalue weighted by Crippen LogP contribution is 2.33. The minimum Gasteiger partial charge on any atom is -0.387 e. The number of aliphatic hydroxyl groups excluding tert-OH is 1. The van der Waals surface area contributed by atoms with Crippen LogP contribution in [-0.4, -0.2) is 47.0 Å². The smallest absolute Gasteiger partial charge is 0.124 e. The second-order valence-corrected chi connectivity index (χ2v) is 6.78. The molecule has 25 heavy (non-hydrogen) atoms. The summed E-state index contributed by atoms with van der Waals surface area (Å²) in [6, 6.07) is 5.92. The molecule has 0 saturated carbocycles. The zero-order valence-electron chi connectivity index (χ0n) is 13.8. The van der Waals surface area contributed by atoms with E-state index in [4.69, 9.17) is 0 Å². The number of aliphatic hydroxyl groups is 2. The molecule has 2 N–H and O–H groups in total. The zero-order valence-corrected chi connectivity index (χ0v) is 13.8. The predicted octanol–water partition coefficient (Wildman–Crippen LogP) is 2.99. The van der Waals surface area contributed by atoms with Gasteiger partial charge < -0.3 is 15.1 Å². The first kappa shape index (κ1) is 18.2. The maximum absolute atomic E-state index is 13.8. The van der Waals surface area contributed by atoms with Gasteiger partial charge in [-0.1, -0.05) is 12.1 Å². The van der Waals surface area contributed by atoms with Crippen molar-refractivity contribution in [1.29, 1.82) is 0 Å². The lowest BCUT2D eigenvalue weighted by atomic mass is 9.84. The molecule has 1 aliphatic carbocycles. The number of hydrogen-bond donors (Lipinski definition) is 2. The molecule has 3 rings (SSSR count). The summed E-state index contributed by atoms with van der Waals surface area (Å²) < 4.78 is 40.6. The topological polar surface area (TPSA) is 43.7 Å². The Labute approximate surface area is 145 Å². The third-order valence-electron chi connectivity index (χ3n) is 4.99. The number of allylic oxidation sites excluding steroid dienone is 2. The average molecular weight is 353 g/mol. The Balaban J connectivity index is 1.60. The molecule has 1 aliphatic heterocycles. The van der Waals surface area contributed by atoms with E-state index in [1.165, 1.54) is 12.1 Å². The van der Waals surface area contributed by atoms with Gasteiger partial charge in [0.25, 0.3) is 0 Å². The van der Waals surface area contributed by atoms with Crippen molar-refractivity contribution in [2.75, 3.05) is 19.6 Å². The predicted molar refractivity (Wildman–Crippen MR) is 88.8 cm³/mol. The van der Waals surface area contributed by atoms with E-state index in [9.17, 15) is 23.4 Å². The minimum absolute atomic E-state index is 0.00750. The van der Waals surface area contributed by atoms with Crippen molar-refractivity contribution in [2.45, 2.75) is 37.1 Å². The molecule has 3 nitrogen and oxygen atoms in total. The van der Waals surface area contributed by atoms with Gasteiger partial charge in [-0.25, -0.2) is 13.2 Å². The summed E-state index contributed by atoms with van der Waals surface area (Å²) in [7, 11) is 0. The summed E-state index contributed by atoms with van der Waals surface area (Å²) in [4.78, 5) is 1.90. The summed E-state index contributed by atoms with van der Waals surface area (Å²) in [6.45, 7) is 1.11. The molecule has 0 aromatic heterocycles. The van der Waals surface area contributed by atoms with Crippen LogP contribution in [0.5, 0.6) is 0 Å². The highest BCUT2D eigenvalue weighted by atomic mass is 19.1. The minimum atomic E-state index is -1.27.